The predicted octanol–water partition coefficient (Wildman–Crippen LogP) is 5.81. The fourth-order valence-electron chi connectivity index (χ4n) is 7.57. The van der Waals surface area contributed by atoms with Gasteiger partial charge in [-0.1, -0.05) is 37.8 Å². The summed E-state index contributed by atoms with van der Waals surface area (Å²) in [6.45, 7) is 8.86. The summed E-state index contributed by atoms with van der Waals surface area (Å²) in [5, 5.41) is 0. The van der Waals surface area contributed by atoms with Crippen LogP contribution in [0.3, 0.4) is 0 Å². The van der Waals surface area contributed by atoms with E-state index in [4.69, 9.17) is 4.74 Å². The van der Waals surface area contributed by atoms with Crippen molar-refractivity contribution in [3.8, 4) is 0 Å². The van der Waals surface area contributed by atoms with E-state index in [1.807, 2.05) is 6.21 Å². The average molecular weight is 419 g/mol. The van der Waals surface area contributed by atoms with Gasteiger partial charge in [-0.05, 0) is 93.8 Å². The van der Waals surface area contributed by atoms with Crippen LogP contribution in [0.5, 0.6) is 0 Å². The Balaban J connectivity index is 1.50. The van der Waals surface area contributed by atoms with Gasteiger partial charge in [0.1, 0.15) is 0 Å². The molecule has 0 radical (unpaired) electrons. The molecule has 5 rings (SSSR count). The van der Waals surface area contributed by atoms with Crippen molar-refractivity contribution in [2.45, 2.75) is 76.0 Å². The summed E-state index contributed by atoms with van der Waals surface area (Å²) in [6.07, 6.45) is 19.8. The minimum atomic E-state index is -0.106. The molecule has 5 aliphatic rings. The zero-order valence-electron chi connectivity index (χ0n) is 20.0. The molecule has 2 spiro atoms. The highest BCUT2D eigenvalue weighted by molar-refractivity contribution is 5.81. The van der Waals surface area contributed by atoms with Crippen LogP contribution in [0.4, 0.5) is 0 Å². The highest BCUT2D eigenvalue weighted by atomic mass is 16.5. The third kappa shape index (κ3) is 2.96. The lowest BCUT2D eigenvalue weighted by molar-refractivity contribution is -0.135. The average Bonchev–Trinajstić information content (AvgIpc) is 3.23. The van der Waals surface area contributed by atoms with Crippen LogP contribution in [-0.4, -0.2) is 49.5 Å². The summed E-state index contributed by atoms with van der Waals surface area (Å²) < 4.78 is 7.33. The number of rotatable bonds is 4. The van der Waals surface area contributed by atoms with Crippen molar-refractivity contribution >= 4 is 6.21 Å². The summed E-state index contributed by atoms with van der Waals surface area (Å²) in [5.74, 6) is 0.517. The highest BCUT2D eigenvalue weighted by Gasteiger charge is 2.65. The van der Waals surface area contributed by atoms with E-state index in [1.54, 1.807) is 12.6 Å². The Labute approximate surface area is 188 Å². The van der Waals surface area contributed by atoms with E-state index in [0.717, 1.165) is 24.8 Å². The van der Waals surface area contributed by atoms with E-state index in [0.29, 0.717) is 12.0 Å². The van der Waals surface area contributed by atoms with Gasteiger partial charge in [-0.3, -0.25) is 4.99 Å². The number of allylic oxidation sites excluding steroid dienone is 6. The minimum absolute atomic E-state index is 0.0255. The first-order chi connectivity index (χ1) is 14.7. The van der Waals surface area contributed by atoms with Gasteiger partial charge in [0.15, 0.2) is 0 Å². The van der Waals surface area contributed by atoms with Gasteiger partial charge in [-0.15, -0.1) is 0 Å². The maximum atomic E-state index is 7.33. The van der Waals surface area contributed by atoms with Crippen LogP contribution in [-0.2, 0) is 4.74 Å². The summed E-state index contributed by atoms with van der Waals surface area (Å²) in [5.41, 5.74) is 6.84. The summed E-state index contributed by atoms with van der Waals surface area (Å²) in [4.78, 5) is 6.53. The topological polar surface area (TPSA) is 24.8 Å². The molecule has 2 aliphatic heterocycles. The highest BCUT2D eigenvalue weighted by Crippen LogP contribution is 2.67. The molecule has 3 aliphatic carbocycles. The van der Waals surface area contributed by atoms with Gasteiger partial charge >= 0.3 is 0 Å². The predicted molar refractivity (Wildman–Crippen MR) is 130 cm³/mol. The van der Waals surface area contributed by atoms with Crippen LogP contribution < -0.4 is 0 Å². The van der Waals surface area contributed by atoms with E-state index >= 15 is 0 Å². The summed E-state index contributed by atoms with van der Waals surface area (Å²) in [6, 6.07) is 0.626. The first-order valence-electron chi connectivity index (χ1n) is 12.0. The number of ether oxygens (including phenoxy) is 1. The van der Waals surface area contributed by atoms with Gasteiger partial charge in [0.25, 0.3) is 0 Å². The van der Waals surface area contributed by atoms with Crippen molar-refractivity contribution in [3.63, 3.8) is 0 Å². The standard InChI is InChI=1S/C28H38N2O/c1-19(18-29-4)15-20(2)24-9-10-25-26(24,3)12-11-22-16-21-7-8-23(30(5)6)17-27(21)13-14-28(22,25)31-27/h9,11,15-16,18,23,25H,1,7-8,10,12-14,17H2,2-6H3/b20-15+,29-18?/t23?,25-,26?,27-,28-/m1/s1. The molecule has 0 amide bonds. The van der Waals surface area contributed by atoms with Crippen LogP contribution in [0, 0.1) is 11.3 Å². The fraction of sp³-hybridized carbons (Fsp3) is 0.607. The van der Waals surface area contributed by atoms with E-state index in [2.05, 4.69) is 68.7 Å². The van der Waals surface area contributed by atoms with E-state index in [-0.39, 0.29) is 16.6 Å². The normalized spacial score (nSPS) is 41.5. The van der Waals surface area contributed by atoms with Crippen molar-refractivity contribution in [3.05, 3.63) is 58.7 Å². The number of aliphatic imine (C=N–C) groups is 1. The summed E-state index contributed by atoms with van der Waals surface area (Å²) >= 11 is 0. The van der Waals surface area contributed by atoms with Crippen LogP contribution in [0.1, 0.15) is 58.8 Å². The molecule has 1 saturated carbocycles. The monoisotopic (exact) mass is 418 g/mol. The lowest BCUT2D eigenvalue weighted by atomic mass is 9.58. The molecule has 2 fully saturated rings. The zero-order chi connectivity index (χ0) is 22.0. The Kier molecular flexibility index (Phi) is 4.88. The largest absolute Gasteiger partial charge is 0.359 e. The third-order valence-electron chi connectivity index (χ3n) is 9.10. The molecule has 0 aromatic carbocycles. The molecular weight excluding hydrogens is 380 g/mol. The molecule has 0 N–H and O–H groups in total. The Bertz CT molecular complexity index is 963. The van der Waals surface area contributed by atoms with Crippen LogP contribution in [0.25, 0.3) is 0 Å². The lowest BCUT2D eigenvalue weighted by Crippen LogP contribution is -2.55. The van der Waals surface area contributed by atoms with Crippen LogP contribution in [0.2, 0.25) is 0 Å². The summed E-state index contributed by atoms with van der Waals surface area (Å²) in [7, 11) is 6.26. The third-order valence-corrected chi connectivity index (χ3v) is 9.10. The molecule has 0 aromatic heterocycles. The quantitative estimate of drug-likeness (QED) is 0.425. The smallest absolute Gasteiger partial charge is 0.0980 e. The fourth-order valence-corrected chi connectivity index (χ4v) is 7.57. The second kappa shape index (κ2) is 7.15. The van der Waals surface area contributed by atoms with E-state index in [1.165, 1.54) is 42.4 Å². The first-order valence-corrected chi connectivity index (χ1v) is 12.0. The molecule has 0 aromatic rings. The van der Waals surface area contributed by atoms with E-state index in [9.17, 15) is 0 Å². The van der Waals surface area contributed by atoms with Gasteiger partial charge in [0.2, 0.25) is 0 Å². The van der Waals surface area contributed by atoms with E-state index < -0.39 is 0 Å². The molecule has 2 bridgehead atoms. The van der Waals surface area contributed by atoms with Crippen molar-refractivity contribution < 1.29 is 4.74 Å². The second-order valence-corrected chi connectivity index (χ2v) is 11.0. The lowest BCUT2D eigenvalue weighted by Gasteiger charge is -2.54. The van der Waals surface area contributed by atoms with Gasteiger partial charge in [0, 0.05) is 30.6 Å². The Morgan fingerprint density at radius 1 is 1.29 bits per heavy atom. The van der Waals surface area contributed by atoms with Crippen molar-refractivity contribution in [2.24, 2.45) is 16.3 Å². The number of hydrogen-bond acceptors (Lipinski definition) is 3. The van der Waals surface area contributed by atoms with Gasteiger partial charge in [-0.2, -0.15) is 0 Å². The van der Waals surface area contributed by atoms with Crippen LogP contribution >= 0.6 is 0 Å². The van der Waals surface area contributed by atoms with Gasteiger partial charge in [0.05, 0.1) is 11.2 Å². The molecule has 3 heteroatoms. The van der Waals surface area contributed by atoms with Gasteiger partial charge < -0.3 is 9.64 Å². The molecule has 3 nitrogen and oxygen atoms in total. The molecular formula is C28H38N2O. The molecule has 2 heterocycles. The second-order valence-electron chi connectivity index (χ2n) is 11.0. The number of hydrogen-bond donors (Lipinski definition) is 0. The van der Waals surface area contributed by atoms with Crippen molar-refractivity contribution in [2.75, 3.05) is 21.1 Å². The Hall–Kier alpha value is -1.71. The first kappa shape index (κ1) is 21.2. The SMILES string of the molecule is C=C(C=NC)/C=C(\C)C1=CC[C@@H]2C1(C)CC=C1C=C3CCC(N(C)C)C[C@]34CC[C@@]12O4. The van der Waals surface area contributed by atoms with Crippen molar-refractivity contribution in [1.29, 1.82) is 0 Å². The Morgan fingerprint density at radius 3 is 2.84 bits per heavy atom. The molecule has 2 unspecified atom stereocenters. The minimum Gasteiger partial charge on any atom is -0.359 e. The maximum absolute atomic E-state index is 7.33. The zero-order valence-corrected chi connectivity index (χ0v) is 20.0. The number of nitrogens with zero attached hydrogens (tertiary/aromatic N) is 2. The van der Waals surface area contributed by atoms with Gasteiger partial charge in [-0.25, -0.2) is 0 Å². The molecule has 166 valence electrons. The molecule has 1 saturated heterocycles. The molecule has 31 heavy (non-hydrogen) atoms. The van der Waals surface area contributed by atoms with Crippen molar-refractivity contribution in [1.82, 2.24) is 4.90 Å². The molecule has 5 atom stereocenters. The number of fused-ring (bicyclic) bond motifs is 1. The van der Waals surface area contributed by atoms with Crippen LogP contribution in [0.15, 0.2) is 63.7 Å². The Morgan fingerprint density at radius 2 is 2.10 bits per heavy atom. The maximum Gasteiger partial charge on any atom is 0.0980 e.